The molecule has 1 aromatic carbocycles. The van der Waals surface area contributed by atoms with Gasteiger partial charge in [-0.3, -0.25) is 4.79 Å². The summed E-state index contributed by atoms with van der Waals surface area (Å²) in [4.78, 5) is 13.9. The van der Waals surface area contributed by atoms with E-state index in [4.69, 9.17) is 15.4 Å². The molecule has 4 aliphatic carbocycles. The van der Waals surface area contributed by atoms with Crippen LogP contribution in [-0.4, -0.2) is 45.8 Å². The van der Waals surface area contributed by atoms with Gasteiger partial charge in [-0.2, -0.15) is 0 Å². The van der Waals surface area contributed by atoms with Crippen LogP contribution in [0.3, 0.4) is 0 Å². The van der Waals surface area contributed by atoms with E-state index < -0.39 is 22.7 Å². The maximum atomic E-state index is 13.9. The number of Topliss-reactive ketones (excluding diaryl/α,β-unsaturated/α-hetero) is 1. The van der Waals surface area contributed by atoms with E-state index in [1.54, 1.807) is 5.57 Å². The smallest absolute Gasteiger partial charge is 0.192 e. The molecule has 0 aliphatic heterocycles. The first-order valence-electron chi connectivity index (χ1n) is 22.2. The van der Waals surface area contributed by atoms with Crippen molar-refractivity contribution in [3.63, 3.8) is 0 Å². The molecule has 0 bridgehead atoms. The average Bonchev–Trinajstić information content (AvgIpc) is 3.82. The lowest BCUT2D eigenvalue weighted by molar-refractivity contribution is -0.124. The van der Waals surface area contributed by atoms with Gasteiger partial charge >= 0.3 is 0 Å². The van der Waals surface area contributed by atoms with Gasteiger partial charge in [0, 0.05) is 12.8 Å². The predicted octanol–water partition coefficient (Wildman–Crippen LogP) is 13.2. The van der Waals surface area contributed by atoms with Crippen molar-refractivity contribution in [2.45, 2.75) is 206 Å². The number of benzene rings is 1. The number of allylic oxidation sites excluding steroid dienone is 3. The largest absolute Gasteiger partial charge is 0.413 e. The van der Waals surface area contributed by atoms with Crippen molar-refractivity contribution in [3.8, 4) is 0 Å². The molecule has 1 aromatic rings. The fourth-order valence-corrected chi connectivity index (χ4v) is 12.6. The standard InChI is InChI=1S/C49H80O4Si2/c1-15-16-18-36-20-24-39(25-21-36)49(29-30-49)45(51)33-43(50)35(3)41-26-27-42-37(19-17-28-48(41,42)10)22-23-38-31-40(52-54(11,12)46(4,5)6)32-44(34(38)2)53-55(13,14)47(7,8)9/h20-25,35,40-44,50H,2,15-19,26-33H2,1,3-14H3/b37-22+,38-23-/t35-,40+,41+,42-,43?,44-,48+/m0/s1. The molecule has 0 amide bonds. The molecule has 1 unspecified atom stereocenters. The van der Waals surface area contributed by atoms with Gasteiger partial charge in [0.25, 0.3) is 0 Å². The summed E-state index contributed by atoms with van der Waals surface area (Å²) in [7, 11) is -4.01. The Morgan fingerprint density at radius 2 is 1.58 bits per heavy atom. The summed E-state index contributed by atoms with van der Waals surface area (Å²) >= 11 is 0. The van der Waals surface area contributed by atoms with Crippen molar-refractivity contribution in [2.24, 2.45) is 23.2 Å². The Labute approximate surface area is 339 Å². The minimum absolute atomic E-state index is 0.0217. The molecule has 308 valence electrons. The average molecular weight is 789 g/mol. The molecule has 4 nitrogen and oxygen atoms in total. The number of aliphatic hydroxyl groups is 1. The Hall–Kier alpha value is -1.58. The van der Waals surface area contributed by atoms with Gasteiger partial charge in [-0.15, -0.1) is 0 Å². The first-order chi connectivity index (χ1) is 25.5. The lowest BCUT2D eigenvalue weighted by Crippen LogP contribution is -2.49. The van der Waals surface area contributed by atoms with Crippen LogP contribution in [0.5, 0.6) is 0 Å². The molecule has 5 rings (SSSR count). The Kier molecular flexibility index (Phi) is 13.4. The van der Waals surface area contributed by atoms with Gasteiger partial charge in [0.15, 0.2) is 16.6 Å². The molecular formula is C49H80O4Si2. The molecule has 0 aromatic heterocycles. The van der Waals surface area contributed by atoms with Crippen LogP contribution < -0.4 is 0 Å². The molecule has 0 heterocycles. The molecular weight excluding hydrogens is 709 g/mol. The maximum Gasteiger partial charge on any atom is 0.192 e. The van der Waals surface area contributed by atoms with E-state index in [0.29, 0.717) is 11.8 Å². The van der Waals surface area contributed by atoms with Gasteiger partial charge in [-0.25, -0.2) is 0 Å². The van der Waals surface area contributed by atoms with E-state index in [0.717, 1.165) is 62.5 Å². The Bertz CT molecular complexity index is 1580. The van der Waals surface area contributed by atoms with E-state index in [-0.39, 0.29) is 51.2 Å². The Balaban J connectivity index is 1.31. The molecule has 4 fully saturated rings. The fourth-order valence-electron chi connectivity index (χ4n) is 9.97. The zero-order valence-electron chi connectivity index (χ0n) is 37.5. The number of carbonyl (C=O) groups is 1. The molecule has 7 atom stereocenters. The SMILES string of the molecule is C=C1/C(=C\C=C2/CCC[C@]3(C)[C@@H]([C@H](C)C(O)CC(=O)C4(c5ccc(CCCC)cc5)CC4)CC[C@@H]23)C[C@@H](O[Si](C)(C)C(C)(C)C)C[C@@H]1O[Si](C)(C)C(C)(C)C. The highest BCUT2D eigenvalue weighted by atomic mass is 28.4. The van der Waals surface area contributed by atoms with Crippen molar-refractivity contribution >= 4 is 22.4 Å². The van der Waals surface area contributed by atoms with E-state index >= 15 is 0 Å². The van der Waals surface area contributed by atoms with Gasteiger partial charge in [0.2, 0.25) is 0 Å². The monoisotopic (exact) mass is 789 g/mol. The number of carbonyl (C=O) groups excluding carboxylic acids is 1. The zero-order valence-corrected chi connectivity index (χ0v) is 39.5. The van der Waals surface area contributed by atoms with Gasteiger partial charge in [-0.1, -0.05) is 117 Å². The number of fused-ring (bicyclic) bond motifs is 1. The van der Waals surface area contributed by atoms with Crippen molar-refractivity contribution < 1.29 is 18.8 Å². The van der Waals surface area contributed by atoms with E-state index in [1.165, 1.54) is 36.8 Å². The lowest BCUT2D eigenvalue weighted by Gasteiger charge is -2.46. The minimum atomic E-state index is -2.03. The first kappa shape index (κ1) is 44.5. The van der Waals surface area contributed by atoms with E-state index in [2.05, 4.69) is 125 Å². The van der Waals surface area contributed by atoms with Crippen LogP contribution in [-0.2, 0) is 25.5 Å². The third kappa shape index (κ3) is 9.50. The summed E-state index contributed by atoms with van der Waals surface area (Å²) in [5.41, 5.74) is 6.24. The normalized spacial score (nSPS) is 30.0. The van der Waals surface area contributed by atoms with Crippen molar-refractivity contribution in [2.75, 3.05) is 0 Å². The summed E-state index contributed by atoms with van der Waals surface area (Å²) in [6.45, 7) is 35.1. The van der Waals surface area contributed by atoms with Crippen LogP contribution in [0.25, 0.3) is 0 Å². The number of unbranched alkanes of at least 4 members (excludes halogenated alkanes) is 1. The molecule has 1 N–H and O–H groups in total. The number of aryl methyl sites for hydroxylation is 1. The highest BCUT2D eigenvalue weighted by molar-refractivity contribution is 6.74. The number of hydrogen-bond donors (Lipinski definition) is 1. The zero-order chi connectivity index (χ0) is 40.8. The number of ketones is 1. The number of aliphatic hydroxyl groups excluding tert-OH is 1. The molecule has 55 heavy (non-hydrogen) atoms. The molecule has 6 heteroatoms. The summed E-state index contributed by atoms with van der Waals surface area (Å²) < 4.78 is 14.2. The van der Waals surface area contributed by atoms with Gasteiger partial charge in [0.05, 0.1) is 23.7 Å². The molecule has 0 saturated heterocycles. The summed E-state index contributed by atoms with van der Waals surface area (Å²) in [5, 5.41) is 12.0. The molecule has 0 spiro atoms. The van der Waals surface area contributed by atoms with Crippen LogP contribution in [0.15, 0.2) is 59.7 Å². The second kappa shape index (κ2) is 16.6. The van der Waals surface area contributed by atoms with Crippen molar-refractivity contribution in [1.29, 1.82) is 0 Å². The summed E-state index contributed by atoms with van der Waals surface area (Å²) in [6, 6.07) is 8.80. The fraction of sp³-hybridized carbons (Fsp3) is 0.735. The maximum absolute atomic E-state index is 13.9. The molecule has 0 radical (unpaired) electrons. The first-order valence-corrected chi connectivity index (χ1v) is 28.0. The Morgan fingerprint density at radius 3 is 2.16 bits per heavy atom. The predicted molar refractivity (Wildman–Crippen MR) is 238 cm³/mol. The third-order valence-electron chi connectivity index (χ3n) is 16.0. The van der Waals surface area contributed by atoms with E-state index in [1.807, 2.05) is 0 Å². The van der Waals surface area contributed by atoms with Crippen molar-refractivity contribution in [1.82, 2.24) is 0 Å². The summed E-state index contributed by atoms with van der Waals surface area (Å²) in [6.07, 6.45) is 17.4. The van der Waals surface area contributed by atoms with E-state index in [9.17, 15) is 9.90 Å². The van der Waals surface area contributed by atoms with Crippen LogP contribution >= 0.6 is 0 Å². The third-order valence-corrected chi connectivity index (χ3v) is 25.0. The highest BCUT2D eigenvalue weighted by Gasteiger charge is 2.54. The van der Waals surface area contributed by atoms with Crippen LogP contribution in [0.4, 0.5) is 0 Å². The second-order valence-corrected chi connectivity index (χ2v) is 31.3. The van der Waals surface area contributed by atoms with Gasteiger partial charge in [-0.05, 0) is 146 Å². The van der Waals surface area contributed by atoms with Crippen LogP contribution in [0, 0.1) is 23.2 Å². The minimum Gasteiger partial charge on any atom is -0.413 e. The Morgan fingerprint density at radius 1 is 0.964 bits per heavy atom. The lowest BCUT2D eigenvalue weighted by atomic mass is 9.60. The van der Waals surface area contributed by atoms with Gasteiger partial charge in [0.1, 0.15) is 5.78 Å². The highest BCUT2D eigenvalue weighted by Crippen LogP contribution is 2.60. The van der Waals surface area contributed by atoms with Crippen molar-refractivity contribution in [3.05, 3.63) is 70.8 Å². The second-order valence-electron chi connectivity index (χ2n) is 21.8. The molecule has 4 aliphatic rings. The van der Waals surface area contributed by atoms with Gasteiger partial charge < -0.3 is 14.0 Å². The summed E-state index contributed by atoms with van der Waals surface area (Å²) in [5.74, 6) is 1.23. The quantitative estimate of drug-likeness (QED) is 0.191. The molecule has 4 saturated carbocycles. The topological polar surface area (TPSA) is 55.8 Å². The van der Waals surface area contributed by atoms with Crippen LogP contribution in [0.1, 0.15) is 150 Å². The number of hydrogen-bond acceptors (Lipinski definition) is 4. The van der Waals surface area contributed by atoms with Crippen LogP contribution in [0.2, 0.25) is 36.3 Å². The number of rotatable bonds is 14.